The molecule has 3 aromatic rings. The molecule has 3 aromatic carbocycles. The molecule has 0 saturated heterocycles. The van der Waals surface area contributed by atoms with Crippen molar-refractivity contribution in [2.45, 2.75) is 18.2 Å². The molecule has 4 rings (SSSR count). The Morgan fingerprint density at radius 2 is 1.79 bits per heavy atom. The van der Waals surface area contributed by atoms with Gasteiger partial charge in [0.2, 0.25) is 0 Å². The van der Waals surface area contributed by atoms with Crippen LogP contribution in [0, 0.1) is 0 Å². The quantitative estimate of drug-likeness (QED) is 0.480. The van der Waals surface area contributed by atoms with Crippen LogP contribution in [0.5, 0.6) is 5.75 Å². The Labute approximate surface area is 194 Å². The zero-order chi connectivity index (χ0) is 23.3. The van der Waals surface area contributed by atoms with Crippen LogP contribution in [0.15, 0.2) is 77.7 Å². The molecule has 172 valence electrons. The van der Waals surface area contributed by atoms with Crippen molar-refractivity contribution in [1.82, 2.24) is 0 Å². The van der Waals surface area contributed by atoms with E-state index in [1.54, 1.807) is 36.4 Å². The maximum Gasteiger partial charge on any atom is 0.264 e. The SMILES string of the molecule is CCOCCOc1cccc(C(=O)Nc2ccc(S(=O)(=O)N3CCc4ccccc43)cc2)c1. The number of benzene rings is 3. The fourth-order valence-electron chi connectivity index (χ4n) is 3.69. The summed E-state index contributed by atoms with van der Waals surface area (Å²) in [6.45, 7) is 3.83. The lowest BCUT2D eigenvalue weighted by Gasteiger charge is -2.19. The lowest BCUT2D eigenvalue weighted by molar-refractivity contribution is 0.102. The average Bonchev–Trinajstić information content (AvgIpc) is 3.28. The zero-order valence-electron chi connectivity index (χ0n) is 18.4. The molecule has 33 heavy (non-hydrogen) atoms. The van der Waals surface area contributed by atoms with Gasteiger partial charge in [-0.15, -0.1) is 0 Å². The van der Waals surface area contributed by atoms with Gasteiger partial charge in [-0.25, -0.2) is 8.42 Å². The molecule has 0 atom stereocenters. The van der Waals surface area contributed by atoms with Gasteiger partial charge in [0.15, 0.2) is 0 Å². The highest BCUT2D eigenvalue weighted by atomic mass is 32.2. The van der Waals surface area contributed by atoms with Crippen LogP contribution in [-0.4, -0.2) is 40.7 Å². The summed E-state index contributed by atoms with van der Waals surface area (Å²) in [5, 5.41) is 2.80. The highest BCUT2D eigenvalue weighted by Crippen LogP contribution is 2.32. The van der Waals surface area contributed by atoms with Crippen molar-refractivity contribution < 1.29 is 22.7 Å². The third-order valence-electron chi connectivity index (χ3n) is 5.34. The molecule has 1 aliphatic heterocycles. The highest BCUT2D eigenvalue weighted by Gasteiger charge is 2.30. The van der Waals surface area contributed by atoms with E-state index in [1.165, 1.54) is 16.4 Å². The van der Waals surface area contributed by atoms with E-state index >= 15 is 0 Å². The molecule has 0 aromatic heterocycles. The average molecular weight is 467 g/mol. The van der Waals surface area contributed by atoms with Gasteiger partial charge in [0.1, 0.15) is 12.4 Å². The predicted octanol–water partition coefficient (Wildman–Crippen LogP) is 4.11. The van der Waals surface area contributed by atoms with Gasteiger partial charge in [-0.05, 0) is 67.4 Å². The maximum atomic E-state index is 13.1. The lowest BCUT2D eigenvalue weighted by Crippen LogP contribution is -2.29. The van der Waals surface area contributed by atoms with Crippen molar-refractivity contribution >= 4 is 27.3 Å². The topological polar surface area (TPSA) is 84.9 Å². The number of ether oxygens (including phenoxy) is 2. The lowest BCUT2D eigenvalue weighted by atomic mass is 10.2. The van der Waals surface area contributed by atoms with Gasteiger partial charge in [0, 0.05) is 24.4 Å². The molecule has 0 saturated carbocycles. The fraction of sp³-hybridized carbons (Fsp3) is 0.240. The van der Waals surface area contributed by atoms with Crippen molar-refractivity contribution in [2.24, 2.45) is 0 Å². The Bertz CT molecular complexity index is 1230. The molecule has 1 amide bonds. The minimum absolute atomic E-state index is 0.182. The van der Waals surface area contributed by atoms with E-state index in [4.69, 9.17) is 9.47 Å². The van der Waals surface area contributed by atoms with E-state index in [9.17, 15) is 13.2 Å². The van der Waals surface area contributed by atoms with Crippen molar-refractivity contribution in [3.05, 3.63) is 83.9 Å². The van der Waals surface area contributed by atoms with E-state index in [2.05, 4.69) is 5.32 Å². The molecule has 0 spiro atoms. The Hall–Kier alpha value is -3.36. The normalized spacial score (nSPS) is 12.9. The summed E-state index contributed by atoms with van der Waals surface area (Å²) in [6, 6.07) is 20.6. The zero-order valence-corrected chi connectivity index (χ0v) is 19.2. The van der Waals surface area contributed by atoms with Crippen LogP contribution in [0.4, 0.5) is 11.4 Å². The van der Waals surface area contributed by atoms with E-state index < -0.39 is 10.0 Å². The first-order chi connectivity index (χ1) is 16.0. The van der Waals surface area contributed by atoms with Gasteiger partial charge in [0.25, 0.3) is 15.9 Å². The van der Waals surface area contributed by atoms with Crippen molar-refractivity contribution in [3.63, 3.8) is 0 Å². The minimum Gasteiger partial charge on any atom is -0.491 e. The number of para-hydroxylation sites is 1. The predicted molar refractivity (Wildman–Crippen MR) is 128 cm³/mol. The minimum atomic E-state index is -3.67. The molecule has 1 aliphatic rings. The summed E-state index contributed by atoms with van der Waals surface area (Å²) < 4.78 is 38.5. The van der Waals surface area contributed by atoms with E-state index in [0.29, 0.717) is 49.8 Å². The fourth-order valence-corrected chi connectivity index (χ4v) is 5.19. The van der Waals surface area contributed by atoms with Gasteiger partial charge in [-0.3, -0.25) is 9.10 Å². The van der Waals surface area contributed by atoms with Crippen LogP contribution in [0.25, 0.3) is 0 Å². The highest BCUT2D eigenvalue weighted by molar-refractivity contribution is 7.92. The number of hydrogen-bond donors (Lipinski definition) is 1. The standard InChI is InChI=1S/C25H26N2O5S/c1-2-31-16-17-32-22-8-5-7-20(18-22)25(28)26-21-10-12-23(13-11-21)33(29,30)27-15-14-19-6-3-4-9-24(19)27/h3-13,18H,2,14-17H2,1H3,(H,26,28). The summed E-state index contributed by atoms with van der Waals surface area (Å²) in [4.78, 5) is 12.8. The summed E-state index contributed by atoms with van der Waals surface area (Å²) in [6.07, 6.45) is 0.692. The number of carbonyl (C=O) groups excluding carboxylic acids is 1. The van der Waals surface area contributed by atoms with Crippen LogP contribution in [-0.2, 0) is 21.2 Å². The Morgan fingerprint density at radius 1 is 1.00 bits per heavy atom. The second kappa shape index (κ2) is 10.1. The van der Waals surface area contributed by atoms with Gasteiger partial charge in [-0.2, -0.15) is 0 Å². The Morgan fingerprint density at radius 3 is 2.58 bits per heavy atom. The molecule has 0 fully saturated rings. The van der Waals surface area contributed by atoms with Crippen LogP contribution in [0.2, 0.25) is 0 Å². The van der Waals surface area contributed by atoms with Crippen molar-refractivity contribution in [2.75, 3.05) is 36.0 Å². The molecule has 0 bridgehead atoms. The molecular weight excluding hydrogens is 440 g/mol. The van der Waals surface area contributed by atoms with E-state index in [0.717, 1.165) is 11.3 Å². The number of nitrogens with zero attached hydrogens (tertiary/aromatic N) is 1. The van der Waals surface area contributed by atoms with E-state index in [-0.39, 0.29) is 10.8 Å². The monoisotopic (exact) mass is 466 g/mol. The number of nitrogens with one attached hydrogen (secondary N) is 1. The van der Waals surface area contributed by atoms with Crippen LogP contribution in [0.1, 0.15) is 22.8 Å². The van der Waals surface area contributed by atoms with Gasteiger partial charge >= 0.3 is 0 Å². The van der Waals surface area contributed by atoms with E-state index in [1.807, 2.05) is 31.2 Å². The third kappa shape index (κ3) is 5.18. The van der Waals surface area contributed by atoms with Gasteiger partial charge < -0.3 is 14.8 Å². The number of carbonyl (C=O) groups is 1. The van der Waals surface area contributed by atoms with Crippen molar-refractivity contribution in [1.29, 1.82) is 0 Å². The third-order valence-corrected chi connectivity index (χ3v) is 7.17. The maximum absolute atomic E-state index is 13.1. The van der Waals surface area contributed by atoms with Crippen molar-refractivity contribution in [3.8, 4) is 5.75 Å². The second-order valence-corrected chi connectivity index (χ2v) is 9.37. The molecule has 1 heterocycles. The molecule has 0 unspecified atom stereocenters. The number of sulfonamides is 1. The van der Waals surface area contributed by atoms with Crippen LogP contribution >= 0.6 is 0 Å². The summed E-state index contributed by atoms with van der Waals surface area (Å²) in [5.41, 5.74) is 2.69. The second-order valence-electron chi connectivity index (χ2n) is 7.51. The number of fused-ring (bicyclic) bond motifs is 1. The molecule has 8 heteroatoms. The Balaban J connectivity index is 1.42. The first-order valence-corrected chi connectivity index (χ1v) is 12.3. The Kier molecular flexibility index (Phi) is 6.96. The largest absolute Gasteiger partial charge is 0.491 e. The summed E-state index contributed by atoms with van der Waals surface area (Å²) in [5.74, 6) is 0.268. The first kappa shape index (κ1) is 22.8. The first-order valence-electron chi connectivity index (χ1n) is 10.8. The van der Waals surface area contributed by atoms with Gasteiger partial charge in [0.05, 0.1) is 17.2 Å². The molecular formula is C25H26N2O5S. The molecule has 0 aliphatic carbocycles. The van der Waals surface area contributed by atoms with Crippen LogP contribution < -0.4 is 14.4 Å². The summed E-state index contributed by atoms with van der Waals surface area (Å²) in [7, 11) is -3.67. The van der Waals surface area contributed by atoms with Gasteiger partial charge in [-0.1, -0.05) is 24.3 Å². The van der Waals surface area contributed by atoms with Crippen LogP contribution in [0.3, 0.4) is 0 Å². The summed E-state index contributed by atoms with van der Waals surface area (Å²) >= 11 is 0. The number of hydrogen-bond acceptors (Lipinski definition) is 5. The number of amides is 1. The number of rotatable bonds is 9. The number of anilines is 2. The molecule has 0 radical (unpaired) electrons. The smallest absolute Gasteiger partial charge is 0.264 e. The molecule has 1 N–H and O–H groups in total. The molecule has 7 nitrogen and oxygen atoms in total.